The Labute approximate surface area is 105 Å². The number of hydrogen-bond acceptors (Lipinski definition) is 4. The Morgan fingerprint density at radius 1 is 1.28 bits per heavy atom. The first-order chi connectivity index (χ1) is 8.47. The molecule has 0 heterocycles. The Balaban J connectivity index is 1.94. The molecule has 0 aliphatic heterocycles. The zero-order valence-corrected chi connectivity index (χ0v) is 10.4. The average Bonchev–Trinajstić information content (AvgIpc) is 3.11. The first-order valence-corrected chi connectivity index (χ1v) is 7.04. The van der Waals surface area contributed by atoms with E-state index in [0.29, 0.717) is 0 Å². The fourth-order valence-electron chi connectivity index (χ4n) is 1.38. The zero-order chi connectivity index (χ0) is 13.2. The third kappa shape index (κ3) is 3.44. The molecular formula is C11H14N2O4S. The topological polar surface area (TPSA) is 95.5 Å². The molecule has 1 saturated carbocycles. The fraction of sp³-hybridized carbons (Fsp3) is 0.364. The molecule has 98 valence electrons. The van der Waals surface area contributed by atoms with Crippen molar-refractivity contribution < 1.29 is 18.3 Å². The highest BCUT2D eigenvalue weighted by Crippen LogP contribution is 2.18. The second kappa shape index (κ2) is 4.95. The summed E-state index contributed by atoms with van der Waals surface area (Å²) in [6, 6.07) is 5.31. The summed E-state index contributed by atoms with van der Waals surface area (Å²) in [6.45, 7) is -0.278. The van der Waals surface area contributed by atoms with Crippen molar-refractivity contribution in [3.05, 3.63) is 24.3 Å². The number of rotatable bonds is 5. The quantitative estimate of drug-likeness (QED) is 0.699. The first-order valence-electron chi connectivity index (χ1n) is 5.55. The van der Waals surface area contributed by atoms with Gasteiger partial charge in [0.2, 0.25) is 15.9 Å². The summed E-state index contributed by atoms with van der Waals surface area (Å²) in [5.41, 5.74) is 0. The maximum Gasteiger partial charge on any atom is 0.241 e. The minimum Gasteiger partial charge on any atom is -0.508 e. The van der Waals surface area contributed by atoms with Crippen LogP contribution in [-0.4, -0.2) is 32.0 Å². The summed E-state index contributed by atoms with van der Waals surface area (Å²) in [4.78, 5) is 11.4. The van der Waals surface area contributed by atoms with Crippen LogP contribution in [0.2, 0.25) is 0 Å². The molecule has 1 aromatic carbocycles. The van der Waals surface area contributed by atoms with Crippen molar-refractivity contribution >= 4 is 15.9 Å². The number of hydrogen-bond donors (Lipinski definition) is 3. The summed E-state index contributed by atoms with van der Waals surface area (Å²) >= 11 is 0. The third-order valence-electron chi connectivity index (χ3n) is 2.51. The summed E-state index contributed by atoms with van der Waals surface area (Å²) in [7, 11) is -3.71. The van der Waals surface area contributed by atoms with Crippen LogP contribution in [0.5, 0.6) is 5.75 Å². The summed E-state index contributed by atoms with van der Waals surface area (Å²) < 4.78 is 25.8. The molecule has 3 N–H and O–H groups in total. The van der Waals surface area contributed by atoms with Crippen LogP contribution in [-0.2, 0) is 14.8 Å². The van der Waals surface area contributed by atoms with E-state index in [1.54, 1.807) is 0 Å². The predicted molar refractivity (Wildman–Crippen MR) is 64.5 cm³/mol. The molecule has 1 amide bonds. The number of carbonyl (C=O) groups excluding carboxylic acids is 1. The van der Waals surface area contributed by atoms with E-state index in [2.05, 4.69) is 10.0 Å². The highest BCUT2D eigenvalue weighted by Gasteiger charge is 2.24. The zero-order valence-electron chi connectivity index (χ0n) is 9.59. The normalized spacial score (nSPS) is 15.3. The van der Waals surface area contributed by atoms with Gasteiger partial charge >= 0.3 is 0 Å². The van der Waals surface area contributed by atoms with Gasteiger partial charge in [0.25, 0.3) is 0 Å². The van der Waals surface area contributed by atoms with Crippen molar-refractivity contribution in [3.63, 3.8) is 0 Å². The van der Waals surface area contributed by atoms with Crippen LogP contribution < -0.4 is 10.0 Å². The second-order valence-corrected chi connectivity index (χ2v) is 5.93. The molecular weight excluding hydrogens is 256 g/mol. The van der Waals surface area contributed by atoms with Crippen molar-refractivity contribution in [1.82, 2.24) is 10.0 Å². The average molecular weight is 270 g/mol. The smallest absolute Gasteiger partial charge is 0.241 e. The van der Waals surface area contributed by atoms with Gasteiger partial charge in [0.15, 0.2) is 0 Å². The highest BCUT2D eigenvalue weighted by atomic mass is 32.2. The van der Waals surface area contributed by atoms with E-state index in [-0.39, 0.29) is 29.1 Å². The maximum absolute atomic E-state index is 11.8. The van der Waals surface area contributed by atoms with Crippen LogP contribution in [0.25, 0.3) is 0 Å². The largest absolute Gasteiger partial charge is 0.508 e. The number of aromatic hydroxyl groups is 1. The lowest BCUT2D eigenvalue weighted by molar-refractivity contribution is -0.120. The van der Waals surface area contributed by atoms with Crippen molar-refractivity contribution in [1.29, 1.82) is 0 Å². The van der Waals surface area contributed by atoms with E-state index in [1.165, 1.54) is 24.3 Å². The molecule has 0 unspecified atom stereocenters. The van der Waals surface area contributed by atoms with Gasteiger partial charge in [-0.15, -0.1) is 0 Å². The van der Waals surface area contributed by atoms with Crippen LogP contribution >= 0.6 is 0 Å². The lowest BCUT2D eigenvalue weighted by Crippen LogP contribution is -2.37. The summed E-state index contributed by atoms with van der Waals surface area (Å²) in [5.74, 6) is -0.347. The summed E-state index contributed by atoms with van der Waals surface area (Å²) in [6.07, 6.45) is 1.91. The van der Waals surface area contributed by atoms with Crippen molar-refractivity contribution in [3.8, 4) is 5.75 Å². The molecule has 1 fully saturated rings. The Hall–Kier alpha value is -1.60. The summed E-state index contributed by atoms with van der Waals surface area (Å²) in [5, 5.41) is 11.7. The number of nitrogens with one attached hydrogen (secondary N) is 2. The molecule has 1 aromatic rings. The van der Waals surface area contributed by atoms with Crippen LogP contribution in [0.4, 0.5) is 0 Å². The highest BCUT2D eigenvalue weighted by molar-refractivity contribution is 7.89. The minimum atomic E-state index is -3.71. The van der Waals surface area contributed by atoms with Crippen LogP contribution in [0.15, 0.2) is 29.2 Å². The number of benzene rings is 1. The van der Waals surface area contributed by atoms with Crippen LogP contribution in [0.3, 0.4) is 0 Å². The van der Waals surface area contributed by atoms with Gasteiger partial charge in [-0.05, 0) is 37.1 Å². The lowest BCUT2D eigenvalue weighted by Gasteiger charge is -2.07. The number of phenolic OH excluding ortho intramolecular Hbond substituents is 1. The van der Waals surface area contributed by atoms with Gasteiger partial charge in [0.05, 0.1) is 11.4 Å². The van der Waals surface area contributed by atoms with Gasteiger partial charge in [0, 0.05) is 6.04 Å². The monoisotopic (exact) mass is 270 g/mol. The van der Waals surface area contributed by atoms with Crippen LogP contribution in [0.1, 0.15) is 12.8 Å². The SMILES string of the molecule is O=C(CNS(=O)(=O)c1ccc(O)cc1)NC1CC1. The number of amides is 1. The van der Waals surface area contributed by atoms with E-state index in [0.717, 1.165) is 12.8 Å². The number of phenols is 1. The first kappa shape index (κ1) is 12.8. The molecule has 6 nitrogen and oxygen atoms in total. The molecule has 7 heteroatoms. The molecule has 0 atom stereocenters. The van der Waals surface area contributed by atoms with E-state index in [9.17, 15) is 13.2 Å². The van der Waals surface area contributed by atoms with Gasteiger partial charge in [-0.3, -0.25) is 4.79 Å². The van der Waals surface area contributed by atoms with Crippen molar-refractivity contribution in [2.75, 3.05) is 6.54 Å². The van der Waals surface area contributed by atoms with Gasteiger partial charge in [0.1, 0.15) is 5.75 Å². The van der Waals surface area contributed by atoms with Crippen molar-refractivity contribution in [2.45, 2.75) is 23.8 Å². The van der Waals surface area contributed by atoms with Gasteiger partial charge in [-0.2, -0.15) is 0 Å². The molecule has 18 heavy (non-hydrogen) atoms. The molecule has 0 saturated heterocycles. The Bertz CT molecular complexity index is 535. The molecule has 1 aliphatic rings. The van der Waals surface area contributed by atoms with E-state index < -0.39 is 10.0 Å². The van der Waals surface area contributed by atoms with Gasteiger partial charge < -0.3 is 10.4 Å². The second-order valence-electron chi connectivity index (χ2n) is 4.16. The third-order valence-corrected chi connectivity index (χ3v) is 3.93. The number of carbonyl (C=O) groups is 1. The maximum atomic E-state index is 11.8. The standard InChI is InChI=1S/C11H14N2O4S/c14-9-3-5-10(6-4-9)18(16,17)12-7-11(15)13-8-1-2-8/h3-6,8,12,14H,1-2,7H2,(H,13,15). The molecule has 1 aliphatic carbocycles. The van der Waals surface area contributed by atoms with Gasteiger partial charge in [-0.25, -0.2) is 13.1 Å². The minimum absolute atomic E-state index is 0.0134. The Morgan fingerprint density at radius 3 is 2.44 bits per heavy atom. The molecule has 2 rings (SSSR count). The predicted octanol–water partition coefficient (Wildman–Crippen LogP) is -0.0509. The van der Waals surface area contributed by atoms with E-state index >= 15 is 0 Å². The molecule has 0 spiro atoms. The van der Waals surface area contributed by atoms with E-state index in [4.69, 9.17) is 5.11 Å². The molecule has 0 bridgehead atoms. The fourth-order valence-corrected chi connectivity index (χ4v) is 2.36. The lowest BCUT2D eigenvalue weighted by atomic mass is 10.3. The van der Waals surface area contributed by atoms with Crippen LogP contribution in [0, 0.1) is 0 Å². The van der Waals surface area contributed by atoms with Gasteiger partial charge in [-0.1, -0.05) is 0 Å². The Morgan fingerprint density at radius 2 is 1.89 bits per heavy atom. The Kier molecular flexibility index (Phi) is 3.53. The number of sulfonamides is 1. The van der Waals surface area contributed by atoms with Crippen molar-refractivity contribution in [2.24, 2.45) is 0 Å². The molecule has 0 aromatic heterocycles. The van der Waals surface area contributed by atoms with E-state index in [1.807, 2.05) is 0 Å². The molecule has 0 radical (unpaired) electrons.